The molecule has 1 aromatic carbocycles. The van der Waals surface area contributed by atoms with Gasteiger partial charge in [-0.1, -0.05) is 18.2 Å². The zero-order valence-electron chi connectivity index (χ0n) is 15.1. The van der Waals surface area contributed by atoms with E-state index in [0.717, 1.165) is 43.5 Å². The Morgan fingerprint density at radius 3 is 2.44 bits per heavy atom. The van der Waals surface area contributed by atoms with Gasteiger partial charge in [0.25, 0.3) is 5.69 Å². The highest BCUT2D eigenvalue weighted by atomic mass is 127. The van der Waals surface area contributed by atoms with Gasteiger partial charge in [-0.3, -0.25) is 15.1 Å². The lowest BCUT2D eigenvalue weighted by Crippen LogP contribution is -2.52. The van der Waals surface area contributed by atoms with E-state index in [-0.39, 0.29) is 29.7 Å². The SMILES string of the molecule is CN=C(NCc1ccc([N+](=O)[O-])cc1)N1CCN(c2ccccn2)CC1.I. The summed E-state index contributed by atoms with van der Waals surface area (Å²) in [5.41, 5.74) is 1.08. The van der Waals surface area contributed by atoms with Gasteiger partial charge in [0.05, 0.1) is 4.92 Å². The lowest BCUT2D eigenvalue weighted by atomic mass is 10.2. The fraction of sp³-hybridized carbons (Fsp3) is 0.333. The molecule has 27 heavy (non-hydrogen) atoms. The molecule has 0 radical (unpaired) electrons. The van der Waals surface area contributed by atoms with Crippen LogP contribution < -0.4 is 10.2 Å². The van der Waals surface area contributed by atoms with Crippen molar-refractivity contribution in [3.05, 3.63) is 64.3 Å². The fourth-order valence-corrected chi connectivity index (χ4v) is 2.94. The molecule has 144 valence electrons. The number of nitrogens with zero attached hydrogens (tertiary/aromatic N) is 5. The van der Waals surface area contributed by atoms with Crippen LogP contribution in [0.25, 0.3) is 0 Å². The number of nitro benzene ring substituents is 1. The van der Waals surface area contributed by atoms with Crippen molar-refractivity contribution in [3.8, 4) is 0 Å². The molecular formula is C18H23IN6O2. The van der Waals surface area contributed by atoms with Gasteiger partial charge in [-0.25, -0.2) is 4.98 Å². The third-order valence-electron chi connectivity index (χ3n) is 4.36. The van der Waals surface area contributed by atoms with E-state index >= 15 is 0 Å². The topological polar surface area (TPSA) is 86.9 Å². The van der Waals surface area contributed by atoms with Gasteiger partial charge < -0.3 is 15.1 Å². The summed E-state index contributed by atoms with van der Waals surface area (Å²) in [5, 5.41) is 14.0. The first-order valence-corrected chi connectivity index (χ1v) is 8.52. The number of nitro groups is 1. The van der Waals surface area contributed by atoms with Gasteiger partial charge in [-0.05, 0) is 17.7 Å². The summed E-state index contributed by atoms with van der Waals surface area (Å²) in [4.78, 5) is 23.6. The van der Waals surface area contributed by atoms with Crippen LogP contribution in [0.2, 0.25) is 0 Å². The molecule has 1 aliphatic rings. The monoisotopic (exact) mass is 482 g/mol. The van der Waals surface area contributed by atoms with E-state index < -0.39 is 4.92 Å². The van der Waals surface area contributed by atoms with Crippen LogP contribution in [0.4, 0.5) is 11.5 Å². The first-order valence-electron chi connectivity index (χ1n) is 8.52. The van der Waals surface area contributed by atoms with Crippen LogP contribution in [0.5, 0.6) is 0 Å². The summed E-state index contributed by atoms with van der Waals surface area (Å²) in [6, 6.07) is 12.5. The van der Waals surface area contributed by atoms with Crippen LogP contribution in [0.3, 0.4) is 0 Å². The van der Waals surface area contributed by atoms with Gasteiger partial charge in [0.1, 0.15) is 5.82 Å². The predicted molar refractivity (Wildman–Crippen MR) is 117 cm³/mol. The first kappa shape index (κ1) is 20.9. The first-order chi connectivity index (χ1) is 12.7. The number of nitrogens with one attached hydrogen (secondary N) is 1. The summed E-state index contributed by atoms with van der Waals surface area (Å²) in [6.07, 6.45) is 1.81. The second-order valence-electron chi connectivity index (χ2n) is 5.99. The number of piperazine rings is 1. The molecule has 0 aliphatic carbocycles. The second kappa shape index (κ2) is 10.0. The second-order valence-corrected chi connectivity index (χ2v) is 5.99. The predicted octanol–water partition coefficient (Wildman–Crippen LogP) is 2.51. The molecule has 1 fully saturated rings. The van der Waals surface area contributed by atoms with Crippen molar-refractivity contribution in [3.63, 3.8) is 0 Å². The standard InChI is InChI=1S/C18H22N6O2.HI/c1-19-18(21-14-15-5-7-16(8-6-15)24(25)26)23-12-10-22(11-13-23)17-4-2-3-9-20-17;/h2-9H,10-14H2,1H3,(H,19,21);1H. The number of guanidine groups is 1. The maximum atomic E-state index is 10.7. The van der Waals surface area contributed by atoms with Crippen molar-refractivity contribution in [1.29, 1.82) is 0 Å². The average Bonchev–Trinajstić information content (AvgIpc) is 2.70. The molecular weight excluding hydrogens is 459 g/mol. The Hall–Kier alpha value is -2.43. The van der Waals surface area contributed by atoms with Gasteiger partial charge in [0.15, 0.2) is 5.96 Å². The van der Waals surface area contributed by atoms with Crippen molar-refractivity contribution < 1.29 is 4.92 Å². The van der Waals surface area contributed by atoms with Crippen LogP contribution in [0.15, 0.2) is 53.7 Å². The third-order valence-corrected chi connectivity index (χ3v) is 4.36. The molecule has 9 heteroatoms. The maximum Gasteiger partial charge on any atom is 0.269 e. The summed E-state index contributed by atoms with van der Waals surface area (Å²) in [6.45, 7) is 4.06. The maximum absolute atomic E-state index is 10.7. The molecule has 0 saturated carbocycles. The zero-order chi connectivity index (χ0) is 18.4. The zero-order valence-corrected chi connectivity index (χ0v) is 17.4. The number of non-ortho nitro benzene ring substituents is 1. The minimum atomic E-state index is -0.392. The lowest BCUT2D eigenvalue weighted by Gasteiger charge is -2.37. The molecule has 3 rings (SSSR count). The molecule has 1 aliphatic heterocycles. The Bertz CT molecular complexity index is 761. The Morgan fingerprint density at radius 2 is 1.89 bits per heavy atom. The van der Waals surface area contributed by atoms with Crippen molar-refractivity contribution in [2.24, 2.45) is 4.99 Å². The number of aromatic nitrogens is 1. The van der Waals surface area contributed by atoms with Gasteiger partial charge >= 0.3 is 0 Å². The van der Waals surface area contributed by atoms with E-state index in [4.69, 9.17) is 0 Å². The minimum Gasteiger partial charge on any atom is -0.353 e. The number of hydrogen-bond donors (Lipinski definition) is 1. The Labute approximate surface area is 175 Å². The van der Waals surface area contributed by atoms with Crippen LogP contribution >= 0.6 is 24.0 Å². The van der Waals surface area contributed by atoms with E-state index in [1.54, 1.807) is 19.2 Å². The van der Waals surface area contributed by atoms with Crippen LogP contribution in [0, 0.1) is 10.1 Å². The molecule has 0 atom stereocenters. The molecule has 0 unspecified atom stereocenters. The van der Waals surface area contributed by atoms with E-state index in [1.807, 2.05) is 24.4 Å². The van der Waals surface area contributed by atoms with E-state index in [0.29, 0.717) is 6.54 Å². The Morgan fingerprint density at radius 1 is 1.19 bits per heavy atom. The number of aliphatic imine (C=N–C) groups is 1. The largest absolute Gasteiger partial charge is 0.353 e. The van der Waals surface area contributed by atoms with Gasteiger partial charge in [0, 0.05) is 58.1 Å². The van der Waals surface area contributed by atoms with Crippen molar-refractivity contribution in [2.45, 2.75) is 6.54 Å². The van der Waals surface area contributed by atoms with Gasteiger partial charge in [0.2, 0.25) is 0 Å². The number of rotatable bonds is 4. The highest BCUT2D eigenvalue weighted by molar-refractivity contribution is 14.0. The summed E-state index contributed by atoms with van der Waals surface area (Å²) < 4.78 is 0. The summed E-state index contributed by atoms with van der Waals surface area (Å²) in [5.74, 6) is 1.84. The van der Waals surface area contributed by atoms with Crippen LogP contribution in [-0.4, -0.2) is 54.0 Å². The molecule has 2 heterocycles. The van der Waals surface area contributed by atoms with Gasteiger partial charge in [-0.2, -0.15) is 0 Å². The molecule has 0 spiro atoms. The average molecular weight is 482 g/mol. The number of anilines is 1. The van der Waals surface area contributed by atoms with Crippen LogP contribution in [0.1, 0.15) is 5.56 Å². The molecule has 0 amide bonds. The summed E-state index contributed by atoms with van der Waals surface area (Å²) in [7, 11) is 1.77. The van der Waals surface area contributed by atoms with Crippen molar-refractivity contribution in [1.82, 2.24) is 15.2 Å². The molecule has 0 bridgehead atoms. The number of benzene rings is 1. The molecule has 1 N–H and O–H groups in total. The fourth-order valence-electron chi connectivity index (χ4n) is 2.94. The smallest absolute Gasteiger partial charge is 0.269 e. The van der Waals surface area contributed by atoms with E-state index in [9.17, 15) is 10.1 Å². The normalized spacial score (nSPS) is 14.5. The lowest BCUT2D eigenvalue weighted by molar-refractivity contribution is -0.384. The van der Waals surface area contributed by atoms with Crippen LogP contribution in [-0.2, 0) is 6.54 Å². The molecule has 2 aromatic rings. The Balaban J connectivity index is 0.00000261. The number of hydrogen-bond acceptors (Lipinski definition) is 5. The highest BCUT2D eigenvalue weighted by Crippen LogP contribution is 2.14. The number of halogens is 1. The van der Waals surface area contributed by atoms with Crippen molar-refractivity contribution >= 4 is 41.4 Å². The summed E-state index contributed by atoms with van der Waals surface area (Å²) >= 11 is 0. The van der Waals surface area contributed by atoms with E-state index in [2.05, 4.69) is 25.1 Å². The quantitative estimate of drug-likeness (QED) is 0.237. The minimum absolute atomic E-state index is 0. The van der Waals surface area contributed by atoms with Gasteiger partial charge in [-0.15, -0.1) is 24.0 Å². The third kappa shape index (κ3) is 5.52. The number of pyridine rings is 1. The highest BCUT2D eigenvalue weighted by Gasteiger charge is 2.20. The molecule has 8 nitrogen and oxygen atoms in total. The Kier molecular flexibility index (Phi) is 7.77. The van der Waals surface area contributed by atoms with Crippen molar-refractivity contribution in [2.75, 3.05) is 38.1 Å². The molecule has 1 aromatic heterocycles. The molecule has 1 saturated heterocycles. The van der Waals surface area contributed by atoms with E-state index in [1.165, 1.54) is 12.1 Å².